The summed E-state index contributed by atoms with van der Waals surface area (Å²) in [5, 5.41) is 14.2. The van der Waals surface area contributed by atoms with Crippen molar-refractivity contribution in [3.8, 4) is 11.1 Å². The van der Waals surface area contributed by atoms with Crippen LogP contribution in [0.25, 0.3) is 22.0 Å². The molecule has 5 rings (SSSR count). The number of nitrogens with one attached hydrogen (secondary N) is 4. The molecular formula is C30H33N7O. The van der Waals surface area contributed by atoms with Crippen LogP contribution >= 0.6 is 0 Å². The first-order chi connectivity index (χ1) is 18.5. The van der Waals surface area contributed by atoms with Gasteiger partial charge in [0.15, 0.2) is 0 Å². The van der Waals surface area contributed by atoms with Crippen molar-refractivity contribution < 1.29 is 4.79 Å². The third kappa shape index (κ3) is 6.53. The van der Waals surface area contributed by atoms with Crippen LogP contribution in [0.15, 0.2) is 85.1 Å². The molecular weight excluding hydrogens is 474 g/mol. The summed E-state index contributed by atoms with van der Waals surface area (Å²) in [6, 6.07) is 22.5. The SMILES string of the molecule is CN(C)C/C=C/C(=O)Nc1cccc(-c2cccc3cnc(Nc4ccc(NC5CCNC5)cc4)nc23)c1. The molecule has 1 aliphatic heterocycles. The van der Waals surface area contributed by atoms with Crippen LogP contribution in [-0.2, 0) is 4.79 Å². The summed E-state index contributed by atoms with van der Waals surface area (Å²) in [5.74, 6) is 0.373. The number of hydrogen-bond donors (Lipinski definition) is 4. The van der Waals surface area contributed by atoms with Gasteiger partial charge in [0.2, 0.25) is 11.9 Å². The summed E-state index contributed by atoms with van der Waals surface area (Å²) < 4.78 is 0. The number of hydrogen-bond acceptors (Lipinski definition) is 7. The van der Waals surface area contributed by atoms with Crippen LogP contribution in [0, 0.1) is 0 Å². The van der Waals surface area contributed by atoms with E-state index in [0.717, 1.165) is 58.6 Å². The van der Waals surface area contributed by atoms with E-state index in [2.05, 4.69) is 38.4 Å². The average molecular weight is 508 g/mol. The molecule has 1 fully saturated rings. The minimum atomic E-state index is -0.156. The second kappa shape index (κ2) is 11.9. The van der Waals surface area contributed by atoms with Gasteiger partial charge in [0.05, 0.1) is 5.52 Å². The highest BCUT2D eigenvalue weighted by Crippen LogP contribution is 2.30. The van der Waals surface area contributed by atoms with Crippen LogP contribution in [-0.4, -0.2) is 60.5 Å². The zero-order chi connectivity index (χ0) is 26.3. The maximum absolute atomic E-state index is 12.3. The Bertz CT molecular complexity index is 1430. The molecule has 1 aliphatic rings. The van der Waals surface area contributed by atoms with Crippen molar-refractivity contribution in [2.75, 3.05) is 49.7 Å². The summed E-state index contributed by atoms with van der Waals surface area (Å²) in [4.78, 5) is 23.7. The molecule has 1 atom stereocenters. The number of carbonyl (C=O) groups is 1. The molecule has 0 saturated carbocycles. The molecule has 1 amide bonds. The van der Waals surface area contributed by atoms with Crippen molar-refractivity contribution >= 4 is 39.8 Å². The lowest BCUT2D eigenvalue weighted by Crippen LogP contribution is -2.21. The van der Waals surface area contributed by atoms with Gasteiger partial charge in [-0.25, -0.2) is 9.97 Å². The number of carbonyl (C=O) groups excluding carboxylic acids is 1. The number of para-hydroxylation sites is 1. The first-order valence-electron chi connectivity index (χ1n) is 12.9. The van der Waals surface area contributed by atoms with Gasteiger partial charge < -0.3 is 26.2 Å². The summed E-state index contributed by atoms with van der Waals surface area (Å²) in [6.07, 6.45) is 6.37. The summed E-state index contributed by atoms with van der Waals surface area (Å²) in [6.45, 7) is 2.76. The van der Waals surface area contributed by atoms with Gasteiger partial charge >= 0.3 is 0 Å². The van der Waals surface area contributed by atoms with Crippen LogP contribution in [0.5, 0.6) is 0 Å². The molecule has 2 heterocycles. The van der Waals surface area contributed by atoms with Gasteiger partial charge in [-0.15, -0.1) is 0 Å². The lowest BCUT2D eigenvalue weighted by molar-refractivity contribution is -0.111. The van der Waals surface area contributed by atoms with Crippen molar-refractivity contribution in [2.24, 2.45) is 0 Å². The van der Waals surface area contributed by atoms with E-state index in [0.29, 0.717) is 18.5 Å². The van der Waals surface area contributed by atoms with E-state index in [4.69, 9.17) is 4.98 Å². The van der Waals surface area contributed by atoms with E-state index in [-0.39, 0.29) is 5.91 Å². The molecule has 0 radical (unpaired) electrons. The number of likely N-dealkylation sites (N-methyl/N-ethyl adjacent to an activating group) is 1. The second-order valence-corrected chi connectivity index (χ2v) is 9.71. The van der Waals surface area contributed by atoms with Crippen LogP contribution < -0.4 is 21.3 Å². The maximum Gasteiger partial charge on any atom is 0.248 e. The standard InChI is InChI=1S/C30H33N7O/c1-37(2)17-5-10-28(38)34-25-8-3-6-21(18-25)27-9-4-7-22-19-32-30(36-29(22)27)35-24-13-11-23(12-14-24)33-26-15-16-31-20-26/h3-14,18-19,26,31,33H,15-17,20H2,1-2H3,(H,34,38)(H,32,35,36)/b10-5+. The Balaban J connectivity index is 1.33. The van der Waals surface area contributed by atoms with Crippen molar-refractivity contribution in [3.63, 3.8) is 0 Å². The van der Waals surface area contributed by atoms with Crippen LogP contribution in [0.3, 0.4) is 0 Å². The molecule has 0 bridgehead atoms. The molecule has 4 aromatic rings. The third-order valence-electron chi connectivity index (χ3n) is 6.36. The third-order valence-corrected chi connectivity index (χ3v) is 6.36. The number of nitrogens with zero attached hydrogens (tertiary/aromatic N) is 3. The summed E-state index contributed by atoms with van der Waals surface area (Å²) in [7, 11) is 3.92. The van der Waals surface area contributed by atoms with Gasteiger partial charge in [-0.05, 0) is 69.0 Å². The number of anilines is 4. The predicted octanol–water partition coefficient (Wildman–Crippen LogP) is 4.87. The number of fused-ring (bicyclic) bond motifs is 1. The Morgan fingerprint density at radius 1 is 1.05 bits per heavy atom. The zero-order valence-corrected chi connectivity index (χ0v) is 21.7. The lowest BCUT2D eigenvalue weighted by Gasteiger charge is -2.14. The molecule has 194 valence electrons. The van der Waals surface area contributed by atoms with Crippen molar-refractivity contribution in [3.05, 3.63) is 85.1 Å². The number of amides is 1. The fourth-order valence-corrected chi connectivity index (χ4v) is 4.46. The average Bonchev–Trinajstić information content (AvgIpc) is 3.42. The van der Waals surface area contributed by atoms with Gasteiger partial charge in [-0.2, -0.15) is 0 Å². The molecule has 8 heteroatoms. The van der Waals surface area contributed by atoms with Crippen LogP contribution in [0.1, 0.15) is 6.42 Å². The highest BCUT2D eigenvalue weighted by atomic mass is 16.1. The highest BCUT2D eigenvalue weighted by Gasteiger charge is 2.14. The van der Waals surface area contributed by atoms with Crippen LogP contribution in [0.2, 0.25) is 0 Å². The highest BCUT2D eigenvalue weighted by molar-refractivity contribution is 6.00. The molecule has 0 spiro atoms. The fourth-order valence-electron chi connectivity index (χ4n) is 4.46. The van der Waals surface area contributed by atoms with E-state index in [1.54, 1.807) is 6.08 Å². The minimum absolute atomic E-state index is 0.156. The Morgan fingerprint density at radius 3 is 2.66 bits per heavy atom. The van der Waals surface area contributed by atoms with Gasteiger partial charge in [-0.3, -0.25) is 4.79 Å². The van der Waals surface area contributed by atoms with Crippen molar-refractivity contribution in [2.45, 2.75) is 12.5 Å². The monoisotopic (exact) mass is 507 g/mol. The number of benzene rings is 3. The number of aromatic nitrogens is 2. The first-order valence-corrected chi connectivity index (χ1v) is 12.9. The normalized spacial score (nSPS) is 15.3. The van der Waals surface area contributed by atoms with Crippen molar-refractivity contribution in [1.82, 2.24) is 20.2 Å². The predicted molar refractivity (Wildman–Crippen MR) is 156 cm³/mol. The van der Waals surface area contributed by atoms with E-state index >= 15 is 0 Å². The van der Waals surface area contributed by atoms with E-state index in [9.17, 15) is 4.79 Å². The van der Waals surface area contributed by atoms with E-state index in [1.807, 2.05) is 85.9 Å². The summed E-state index contributed by atoms with van der Waals surface area (Å²) >= 11 is 0. The molecule has 1 unspecified atom stereocenters. The topological polar surface area (TPSA) is 94.2 Å². The second-order valence-electron chi connectivity index (χ2n) is 9.71. The van der Waals surface area contributed by atoms with Crippen LogP contribution in [0.4, 0.5) is 23.0 Å². The molecule has 1 saturated heterocycles. The Morgan fingerprint density at radius 2 is 1.87 bits per heavy atom. The lowest BCUT2D eigenvalue weighted by atomic mass is 10.0. The quantitative estimate of drug-likeness (QED) is 0.240. The number of rotatable bonds is 9. The summed E-state index contributed by atoms with van der Waals surface area (Å²) in [5.41, 5.74) is 5.53. The zero-order valence-electron chi connectivity index (χ0n) is 21.7. The molecule has 0 aliphatic carbocycles. The molecule has 3 aromatic carbocycles. The van der Waals surface area contributed by atoms with Crippen molar-refractivity contribution in [1.29, 1.82) is 0 Å². The molecule has 4 N–H and O–H groups in total. The first kappa shape index (κ1) is 25.4. The Kier molecular flexibility index (Phi) is 7.92. The van der Waals surface area contributed by atoms with Gasteiger partial charge in [-0.1, -0.05) is 36.4 Å². The molecule has 38 heavy (non-hydrogen) atoms. The van der Waals surface area contributed by atoms with E-state index < -0.39 is 0 Å². The fraction of sp³-hybridized carbons (Fsp3) is 0.233. The van der Waals surface area contributed by atoms with E-state index in [1.165, 1.54) is 0 Å². The maximum atomic E-state index is 12.3. The Hall–Kier alpha value is -4.27. The molecule has 8 nitrogen and oxygen atoms in total. The van der Waals surface area contributed by atoms with Gasteiger partial charge in [0.25, 0.3) is 0 Å². The Labute approximate surface area is 223 Å². The smallest absolute Gasteiger partial charge is 0.248 e. The van der Waals surface area contributed by atoms with Gasteiger partial charge in [0.1, 0.15) is 0 Å². The largest absolute Gasteiger partial charge is 0.381 e. The van der Waals surface area contributed by atoms with Gasteiger partial charge in [0, 0.05) is 59.4 Å². The molecule has 1 aromatic heterocycles. The minimum Gasteiger partial charge on any atom is -0.381 e.